The Kier molecular flexibility index (Phi) is 8.43. The first kappa shape index (κ1) is 27.9. The maximum absolute atomic E-state index is 14.8. The number of carbonyl (C=O) groups excluding carboxylic acids is 2. The van der Waals surface area contributed by atoms with Crippen LogP contribution in [0.1, 0.15) is 85.5 Å². The fraction of sp³-hybridized carbons (Fsp3) is 0.697. The van der Waals surface area contributed by atoms with Gasteiger partial charge in [-0.15, -0.1) is 0 Å². The van der Waals surface area contributed by atoms with E-state index in [0.29, 0.717) is 23.8 Å². The van der Waals surface area contributed by atoms with Crippen LogP contribution in [0.15, 0.2) is 40.9 Å². The molecular weight excluding hydrogens is 536 g/mol. The third kappa shape index (κ3) is 5.25. The zero-order valence-corrected chi connectivity index (χ0v) is 25.4. The number of nitrogens with zero attached hydrogens (tertiary/aromatic N) is 1. The third-order valence-corrected chi connectivity index (χ3v) is 11.0. The Balaban J connectivity index is 1.44. The zero-order chi connectivity index (χ0) is 27.0. The van der Waals surface area contributed by atoms with Gasteiger partial charge in [-0.05, 0) is 91.4 Å². The lowest BCUT2D eigenvalue weighted by Gasteiger charge is -2.46. The summed E-state index contributed by atoms with van der Waals surface area (Å²) in [6.07, 6.45) is 15.1. The molecule has 208 valence electrons. The van der Waals surface area contributed by atoms with Crippen LogP contribution in [0.25, 0.3) is 0 Å². The van der Waals surface area contributed by atoms with Gasteiger partial charge in [0, 0.05) is 22.7 Å². The van der Waals surface area contributed by atoms with E-state index in [9.17, 15) is 9.59 Å². The minimum atomic E-state index is -0.277. The summed E-state index contributed by atoms with van der Waals surface area (Å²) in [7, 11) is 0. The number of halogens is 1. The number of amides is 2. The van der Waals surface area contributed by atoms with E-state index in [1.807, 2.05) is 24.3 Å². The SMILES string of the molecule is CCCCCCN(C(=O)[C@H]1[C@H](C(=O)Nc2ccc(Br)cc2)C2C=C[C@H]1C21CC1)C1CC(C)CC[C@H]1C(C)C. The molecule has 0 saturated heterocycles. The number of anilines is 1. The van der Waals surface area contributed by atoms with Crippen LogP contribution in [0.3, 0.4) is 0 Å². The molecule has 4 aliphatic carbocycles. The number of allylic oxidation sites excluding steroid dienone is 2. The largest absolute Gasteiger partial charge is 0.339 e. The first-order chi connectivity index (χ1) is 18.3. The van der Waals surface area contributed by atoms with E-state index >= 15 is 0 Å². The minimum Gasteiger partial charge on any atom is -0.339 e. The number of rotatable bonds is 10. The molecule has 2 bridgehead atoms. The van der Waals surface area contributed by atoms with E-state index in [1.165, 1.54) is 32.1 Å². The van der Waals surface area contributed by atoms with Gasteiger partial charge in [0.2, 0.25) is 11.8 Å². The normalized spacial score (nSPS) is 32.6. The Morgan fingerprint density at radius 1 is 1.03 bits per heavy atom. The highest BCUT2D eigenvalue weighted by Gasteiger charge is 2.70. The van der Waals surface area contributed by atoms with Crippen molar-refractivity contribution in [3.63, 3.8) is 0 Å². The topological polar surface area (TPSA) is 49.4 Å². The molecule has 1 aromatic carbocycles. The average molecular weight is 584 g/mol. The van der Waals surface area contributed by atoms with Crippen molar-refractivity contribution in [1.82, 2.24) is 4.90 Å². The second kappa shape index (κ2) is 11.5. The molecule has 7 atom stereocenters. The summed E-state index contributed by atoms with van der Waals surface area (Å²) < 4.78 is 0.989. The molecule has 38 heavy (non-hydrogen) atoms. The predicted octanol–water partition coefficient (Wildman–Crippen LogP) is 8.09. The standard InChI is InChI=1S/C33H47BrN2O2/c1-5-6-7-8-19-36(28-20-22(4)9-14-25(28)21(2)3)32(38)30-27-16-15-26(33(27)17-18-33)29(30)31(37)35-24-12-10-23(34)11-13-24/h10-13,15-16,21-22,25-30H,5-9,14,17-20H2,1-4H3,(H,35,37)/t22?,25-,26?,27+,28?,29+,30+/m0/s1. The van der Waals surface area contributed by atoms with Crippen molar-refractivity contribution in [3.8, 4) is 0 Å². The lowest BCUT2D eigenvalue weighted by molar-refractivity contribution is -0.146. The molecule has 0 aromatic heterocycles. The molecule has 0 heterocycles. The lowest BCUT2D eigenvalue weighted by Crippen LogP contribution is -2.53. The maximum Gasteiger partial charge on any atom is 0.228 e. The molecule has 3 unspecified atom stereocenters. The number of unbranched alkanes of at least 4 members (excludes halogenated alkanes) is 3. The molecule has 2 amide bonds. The van der Waals surface area contributed by atoms with E-state index in [-0.39, 0.29) is 40.9 Å². The summed E-state index contributed by atoms with van der Waals surface area (Å²) in [5, 5.41) is 3.19. The summed E-state index contributed by atoms with van der Waals surface area (Å²) in [4.78, 5) is 31.0. The number of nitrogens with one attached hydrogen (secondary N) is 1. The first-order valence-corrected chi connectivity index (χ1v) is 16.1. The highest BCUT2D eigenvalue weighted by Crippen LogP contribution is 2.72. The molecule has 3 saturated carbocycles. The molecule has 1 spiro atoms. The van der Waals surface area contributed by atoms with E-state index < -0.39 is 0 Å². The van der Waals surface area contributed by atoms with Crippen LogP contribution in [-0.4, -0.2) is 29.3 Å². The van der Waals surface area contributed by atoms with Crippen molar-refractivity contribution in [2.75, 3.05) is 11.9 Å². The van der Waals surface area contributed by atoms with Crippen molar-refractivity contribution in [2.45, 2.75) is 91.5 Å². The number of benzene rings is 1. The van der Waals surface area contributed by atoms with Crippen LogP contribution in [-0.2, 0) is 9.59 Å². The Morgan fingerprint density at radius 3 is 2.34 bits per heavy atom. The molecule has 3 fully saturated rings. The smallest absolute Gasteiger partial charge is 0.228 e. The minimum absolute atomic E-state index is 0.0251. The molecule has 4 nitrogen and oxygen atoms in total. The van der Waals surface area contributed by atoms with Crippen LogP contribution in [0.5, 0.6) is 0 Å². The van der Waals surface area contributed by atoms with Crippen LogP contribution in [0.2, 0.25) is 0 Å². The predicted molar refractivity (Wildman–Crippen MR) is 159 cm³/mol. The molecule has 5 heteroatoms. The number of carbonyl (C=O) groups is 2. The summed E-state index contributed by atoms with van der Waals surface area (Å²) >= 11 is 3.49. The molecule has 5 rings (SSSR count). The van der Waals surface area contributed by atoms with Gasteiger partial charge < -0.3 is 10.2 Å². The summed E-state index contributed by atoms with van der Waals surface area (Å²) in [6.45, 7) is 10.1. The monoisotopic (exact) mass is 582 g/mol. The molecule has 4 aliphatic rings. The van der Waals surface area contributed by atoms with Crippen LogP contribution in [0, 0.1) is 46.8 Å². The average Bonchev–Trinajstić information content (AvgIpc) is 3.56. The zero-order valence-electron chi connectivity index (χ0n) is 23.8. The highest BCUT2D eigenvalue weighted by atomic mass is 79.9. The quantitative estimate of drug-likeness (QED) is 0.224. The van der Waals surface area contributed by atoms with Crippen molar-refractivity contribution < 1.29 is 9.59 Å². The van der Waals surface area contributed by atoms with Gasteiger partial charge in [-0.3, -0.25) is 9.59 Å². The second-order valence-electron chi connectivity index (χ2n) is 13.2. The lowest BCUT2D eigenvalue weighted by atomic mass is 9.72. The molecule has 0 radical (unpaired) electrons. The highest BCUT2D eigenvalue weighted by molar-refractivity contribution is 9.10. The van der Waals surface area contributed by atoms with Crippen molar-refractivity contribution in [2.24, 2.45) is 46.8 Å². The third-order valence-electron chi connectivity index (χ3n) is 10.5. The van der Waals surface area contributed by atoms with Gasteiger partial charge in [0.25, 0.3) is 0 Å². The fourth-order valence-electron chi connectivity index (χ4n) is 8.30. The maximum atomic E-state index is 14.8. The Hall–Kier alpha value is -1.62. The van der Waals surface area contributed by atoms with E-state index in [0.717, 1.165) is 42.4 Å². The number of hydrogen-bond acceptors (Lipinski definition) is 2. The van der Waals surface area contributed by atoms with Gasteiger partial charge in [0.05, 0.1) is 11.8 Å². The van der Waals surface area contributed by atoms with Crippen molar-refractivity contribution in [1.29, 1.82) is 0 Å². The van der Waals surface area contributed by atoms with Crippen LogP contribution < -0.4 is 5.32 Å². The second-order valence-corrected chi connectivity index (χ2v) is 14.1. The van der Waals surface area contributed by atoms with Crippen molar-refractivity contribution in [3.05, 3.63) is 40.9 Å². The molecule has 1 aromatic rings. The van der Waals surface area contributed by atoms with Gasteiger partial charge in [-0.2, -0.15) is 0 Å². The summed E-state index contributed by atoms with van der Waals surface area (Å²) in [5.74, 6) is 1.92. The van der Waals surface area contributed by atoms with E-state index in [4.69, 9.17) is 0 Å². The van der Waals surface area contributed by atoms with Gasteiger partial charge in [-0.1, -0.05) is 81.5 Å². The Morgan fingerprint density at radius 2 is 1.71 bits per heavy atom. The van der Waals surface area contributed by atoms with Crippen LogP contribution >= 0.6 is 15.9 Å². The van der Waals surface area contributed by atoms with Gasteiger partial charge in [0.1, 0.15) is 0 Å². The first-order valence-electron chi connectivity index (χ1n) is 15.3. The van der Waals surface area contributed by atoms with Crippen molar-refractivity contribution >= 4 is 33.4 Å². The molecule has 1 N–H and O–H groups in total. The van der Waals surface area contributed by atoms with Crippen LogP contribution in [0.4, 0.5) is 5.69 Å². The van der Waals surface area contributed by atoms with Gasteiger partial charge in [0.15, 0.2) is 0 Å². The van der Waals surface area contributed by atoms with Gasteiger partial charge >= 0.3 is 0 Å². The van der Waals surface area contributed by atoms with E-state index in [1.54, 1.807) is 0 Å². The summed E-state index contributed by atoms with van der Waals surface area (Å²) in [6, 6.07) is 8.07. The molecule has 0 aliphatic heterocycles. The van der Waals surface area contributed by atoms with Gasteiger partial charge in [-0.25, -0.2) is 0 Å². The Labute approximate surface area is 238 Å². The Bertz CT molecular complexity index is 1030. The summed E-state index contributed by atoms with van der Waals surface area (Å²) in [5.41, 5.74) is 0.950. The number of hydrogen-bond donors (Lipinski definition) is 1. The molecular formula is C33H47BrN2O2. The fourth-order valence-corrected chi connectivity index (χ4v) is 8.56. The van der Waals surface area contributed by atoms with E-state index in [2.05, 4.69) is 66.0 Å².